The summed E-state index contributed by atoms with van der Waals surface area (Å²) in [6, 6.07) is 8.05. The van der Waals surface area contributed by atoms with Crippen LogP contribution in [0.15, 0.2) is 30.3 Å². The second-order valence-electron chi connectivity index (χ2n) is 4.47. The van der Waals surface area contributed by atoms with Gasteiger partial charge >= 0.3 is 5.97 Å². The van der Waals surface area contributed by atoms with E-state index in [0.29, 0.717) is 0 Å². The lowest BCUT2D eigenvalue weighted by atomic mass is 9.99. The van der Waals surface area contributed by atoms with Gasteiger partial charge in [0, 0.05) is 0 Å². The Labute approximate surface area is 115 Å². The maximum atomic E-state index is 11.8. The summed E-state index contributed by atoms with van der Waals surface area (Å²) in [5, 5.41) is 37.9. The summed E-state index contributed by atoms with van der Waals surface area (Å²) in [5.41, 5.74) is 0.254. The SMILES string of the molecule is O=C(O[C@@H]1O[C@H](CO)[C@@H](O)[C@H](O)[C@@H]1O)c1ccccc1. The van der Waals surface area contributed by atoms with Crippen LogP contribution in [0.5, 0.6) is 0 Å². The Morgan fingerprint density at radius 1 is 1.10 bits per heavy atom. The van der Waals surface area contributed by atoms with E-state index in [-0.39, 0.29) is 5.56 Å². The predicted octanol–water partition coefficient (Wildman–Crippen LogP) is -1.36. The number of hydrogen-bond donors (Lipinski definition) is 4. The Balaban J connectivity index is 2.06. The molecule has 7 heteroatoms. The van der Waals surface area contributed by atoms with Gasteiger partial charge < -0.3 is 29.9 Å². The Hall–Kier alpha value is -1.51. The predicted molar refractivity (Wildman–Crippen MR) is 65.6 cm³/mol. The summed E-state index contributed by atoms with van der Waals surface area (Å²) in [4.78, 5) is 11.8. The minimum absolute atomic E-state index is 0.254. The number of carbonyl (C=O) groups is 1. The molecule has 1 aliphatic heterocycles. The van der Waals surface area contributed by atoms with Crippen molar-refractivity contribution >= 4 is 5.97 Å². The standard InChI is InChI=1S/C13H16O7/c14-6-8-9(15)10(16)11(17)13(19-8)20-12(18)7-4-2-1-3-5-7/h1-5,8-11,13-17H,6H2/t8-,9-,10+,11+,13+/m1/s1. The van der Waals surface area contributed by atoms with E-state index in [4.69, 9.17) is 14.6 Å². The van der Waals surface area contributed by atoms with Gasteiger partial charge in [0.25, 0.3) is 0 Å². The van der Waals surface area contributed by atoms with Crippen LogP contribution >= 0.6 is 0 Å². The Bertz CT molecular complexity index is 447. The van der Waals surface area contributed by atoms with Gasteiger partial charge in [-0.05, 0) is 12.1 Å². The fourth-order valence-corrected chi connectivity index (χ4v) is 1.91. The molecular formula is C13H16O7. The first-order valence-corrected chi connectivity index (χ1v) is 6.11. The first kappa shape index (κ1) is 14.9. The van der Waals surface area contributed by atoms with Crippen molar-refractivity contribution in [2.75, 3.05) is 6.61 Å². The monoisotopic (exact) mass is 284 g/mol. The van der Waals surface area contributed by atoms with Crippen LogP contribution in [0.4, 0.5) is 0 Å². The number of ether oxygens (including phenoxy) is 2. The van der Waals surface area contributed by atoms with Crippen LogP contribution in [0.2, 0.25) is 0 Å². The second-order valence-corrected chi connectivity index (χ2v) is 4.47. The van der Waals surface area contributed by atoms with Gasteiger partial charge in [-0.3, -0.25) is 0 Å². The highest BCUT2D eigenvalue weighted by Gasteiger charge is 2.45. The molecule has 0 spiro atoms. The molecule has 0 aromatic heterocycles. The van der Waals surface area contributed by atoms with Gasteiger partial charge in [-0.15, -0.1) is 0 Å². The number of hydrogen-bond acceptors (Lipinski definition) is 7. The van der Waals surface area contributed by atoms with E-state index in [0.717, 1.165) is 0 Å². The van der Waals surface area contributed by atoms with E-state index in [1.807, 2.05) is 0 Å². The Morgan fingerprint density at radius 3 is 2.35 bits per heavy atom. The van der Waals surface area contributed by atoms with Crippen LogP contribution in [0.1, 0.15) is 10.4 Å². The maximum absolute atomic E-state index is 11.8. The van der Waals surface area contributed by atoms with Crippen molar-refractivity contribution in [1.29, 1.82) is 0 Å². The van der Waals surface area contributed by atoms with Crippen molar-refractivity contribution in [1.82, 2.24) is 0 Å². The number of aliphatic hydroxyl groups is 4. The van der Waals surface area contributed by atoms with Crippen molar-refractivity contribution in [3.8, 4) is 0 Å². The van der Waals surface area contributed by atoms with Gasteiger partial charge in [0.05, 0.1) is 12.2 Å². The lowest BCUT2D eigenvalue weighted by Crippen LogP contribution is -2.59. The van der Waals surface area contributed by atoms with Crippen molar-refractivity contribution in [2.45, 2.75) is 30.7 Å². The fraction of sp³-hybridized carbons (Fsp3) is 0.462. The first-order valence-electron chi connectivity index (χ1n) is 6.11. The summed E-state index contributed by atoms with van der Waals surface area (Å²) < 4.78 is 10.0. The molecule has 0 unspecified atom stereocenters. The molecule has 110 valence electrons. The van der Waals surface area contributed by atoms with Gasteiger partial charge in [-0.2, -0.15) is 0 Å². The van der Waals surface area contributed by atoms with Crippen LogP contribution in [0.3, 0.4) is 0 Å². The smallest absolute Gasteiger partial charge is 0.340 e. The maximum Gasteiger partial charge on any atom is 0.340 e. The largest absolute Gasteiger partial charge is 0.429 e. The summed E-state index contributed by atoms with van der Waals surface area (Å²) in [5.74, 6) is -0.741. The van der Waals surface area contributed by atoms with Gasteiger partial charge in [0.15, 0.2) is 0 Å². The molecule has 20 heavy (non-hydrogen) atoms. The molecular weight excluding hydrogens is 268 g/mol. The summed E-state index contributed by atoms with van der Waals surface area (Å²) in [6.07, 6.45) is -7.23. The minimum atomic E-state index is -1.60. The quantitative estimate of drug-likeness (QED) is 0.507. The molecule has 1 aliphatic rings. The summed E-state index contributed by atoms with van der Waals surface area (Å²) >= 11 is 0. The summed E-state index contributed by atoms with van der Waals surface area (Å²) in [6.45, 7) is -0.579. The Kier molecular flexibility index (Phi) is 4.69. The van der Waals surface area contributed by atoms with Gasteiger partial charge in [-0.1, -0.05) is 18.2 Å². The van der Waals surface area contributed by atoms with Crippen molar-refractivity contribution in [3.05, 3.63) is 35.9 Å². The van der Waals surface area contributed by atoms with Crippen LogP contribution in [0.25, 0.3) is 0 Å². The average Bonchev–Trinajstić information content (AvgIpc) is 2.48. The fourth-order valence-electron chi connectivity index (χ4n) is 1.91. The lowest BCUT2D eigenvalue weighted by Gasteiger charge is -2.39. The number of esters is 1. The van der Waals surface area contributed by atoms with E-state index in [9.17, 15) is 20.1 Å². The number of carbonyl (C=O) groups excluding carboxylic acids is 1. The van der Waals surface area contributed by atoms with E-state index in [1.165, 1.54) is 12.1 Å². The highest BCUT2D eigenvalue weighted by Crippen LogP contribution is 2.22. The molecule has 0 amide bonds. The number of aliphatic hydroxyl groups excluding tert-OH is 4. The zero-order valence-corrected chi connectivity index (χ0v) is 10.5. The zero-order chi connectivity index (χ0) is 14.7. The van der Waals surface area contributed by atoms with Crippen LogP contribution in [-0.2, 0) is 9.47 Å². The molecule has 4 N–H and O–H groups in total. The molecule has 2 rings (SSSR count). The van der Waals surface area contributed by atoms with Gasteiger partial charge in [0.2, 0.25) is 6.29 Å². The van der Waals surface area contributed by atoms with Crippen molar-refractivity contribution in [3.63, 3.8) is 0 Å². The molecule has 0 radical (unpaired) electrons. The van der Waals surface area contributed by atoms with Crippen LogP contribution in [0, 0.1) is 0 Å². The third-order valence-corrected chi connectivity index (χ3v) is 3.08. The lowest BCUT2D eigenvalue weighted by molar-refractivity contribution is -0.285. The third-order valence-electron chi connectivity index (χ3n) is 3.08. The molecule has 1 fully saturated rings. The number of benzene rings is 1. The van der Waals surface area contributed by atoms with Crippen LogP contribution < -0.4 is 0 Å². The minimum Gasteiger partial charge on any atom is -0.429 e. The molecule has 1 aromatic rings. The molecule has 0 bridgehead atoms. The van der Waals surface area contributed by atoms with Crippen molar-refractivity contribution in [2.24, 2.45) is 0 Å². The third kappa shape index (κ3) is 2.97. The van der Waals surface area contributed by atoms with Gasteiger partial charge in [-0.25, -0.2) is 4.79 Å². The first-order chi connectivity index (χ1) is 9.54. The molecule has 5 atom stereocenters. The van der Waals surface area contributed by atoms with Gasteiger partial charge in [0.1, 0.15) is 24.4 Å². The van der Waals surface area contributed by atoms with E-state index in [2.05, 4.69) is 0 Å². The Morgan fingerprint density at radius 2 is 1.75 bits per heavy atom. The molecule has 1 saturated heterocycles. The second kappa shape index (κ2) is 6.29. The molecule has 0 saturated carbocycles. The molecule has 7 nitrogen and oxygen atoms in total. The average molecular weight is 284 g/mol. The van der Waals surface area contributed by atoms with E-state index < -0.39 is 43.3 Å². The van der Waals surface area contributed by atoms with E-state index >= 15 is 0 Å². The molecule has 1 heterocycles. The van der Waals surface area contributed by atoms with Crippen molar-refractivity contribution < 1.29 is 34.7 Å². The normalized spacial score (nSPS) is 33.7. The van der Waals surface area contributed by atoms with Crippen LogP contribution in [-0.4, -0.2) is 63.7 Å². The molecule has 1 aromatic carbocycles. The zero-order valence-electron chi connectivity index (χ0n) is 10.5. The van der Waals surface area contributed by atoms with E-state index in [1.54, 1.807) is 18.2 Å². The number of rotatable bonds is 3. The highest BCUT2D eigenvalue weighted by molar-refractivity contribution is 5.89. The topological polar surface area (TPSA) is 116 Å². The highest BCUT2D eigenvalue weighted by atomic mass is 16.7. The molecule has 0 aliphatic carbocycles. The summed E-state index contributed by atoms with van der Waals surface area (Å²) in [7, 11) is 0.